The van der Waals surface area contributed by atoms with Crippen LogP contribution in [0, 0.1) is 5.41 Å². The molecule has 0 unspecified atom stereocenters. The molecule has 0 aliphatic heterocycles. The molecule has 0 saturated carbocycles. The molecule has 26 heavy (non-hydrogen) atoms. The van der Waals surface area contributed by atoms with Crippen LogP contribution in [0.3, 0.4) is 0 Å². The summed E-state index contributed by atoms with van der Waals surface area (Å²) in [7, 11) is 0. The number of nitrogens with one attached hydrogen (secondary N) is 2. The Balaban J connectivity index is 2.52. The summed E-state index contributed by atoms with van der Waals surface area (Å²) < 4.78 is 0. The normalized spacial score (nSPS) is 11.2. The fraction of sp³-hybridized carbons (Fsp3) is 0.524. The summed E-state index contributed by atoms with van der Waals surface area (Å²) in [5, 5.41) is 11.6. The van der Waals surface area contributed by atoms with Crippen LogP contribution in [-0.2, 0) is 6.42 Å². The van der Waals surface area contributed by atoms with Gasteiger partial charge in [-0.3, -0.25) is 4.98 Å². The molecule has 0 aliphatic carbocycles. The summed E-state index contributed by atoms with van der Waals surface area (Å²) in [4.78, 5) is 14.2. The summed E-state index contributed by atoms with van der Waals surface area (Å²) in [5.41, 5.74) is 4.82. The number of hydrogen-bond donors (Lipinski definition) is 2. The van der Waals surface area contributed by atoms with Gasteiger partial charge in [-0.2, -0.15) is 0 Å². The summed E-state index contributed by atoms with van der Waals surface area (Å²) in [5.74, 6) is 1.12. The summed E-state index contributed by atoms with van der Waals surface area (Å²) in [6, 6.07) is 4.45. The van der Waals surface area contributed by atoms with E-state index in [2.05, 4.69) is 57.1 Å². The molecule has 140 valence electrons. The van der Waals surface area contributed by atoms with Crippen molar-refractivity contribution in [3.63, 3.8) is 0 Å². The molecule has 0 bridgehead atoms. The van der Waals surface area contributed by atoms with Gasteiger partial charge in [0, 0.05) is 23.5 Å². The van der Waals surface area contributed by atoms with Crippen molar-refractivity contribution >= 4 is 11.5 Å². The Bertz CT molecular complexity index is 746. The van der Waals surface area contributed by atoms with Gasteiger partial charge in [0.2, 0.25) is 0 Å². The standard InChI is InChI=1S/C21H31N5/c1-7-16(8-2)24-21-19(14(6)22)26-20(17(9-3)25-21)15-10-11-18(13(4)5)23-12-15/h10-13,16,22H,7-9H2,1-6H3,(H,24,25). The van der Waals surface area contributed by atoms with Gasteiger partial charge in [0.1, 0.15) is 5.69 Å². The zero-order chi connectivity index (χ0) is 19.3. The topological polar surface area (TPSA) is 74.6 Å². The molecule has 0 spiro atoms. The second-order valence-corrected chi connectivity index (χ2v) is 6.98. The Morgan fingerprint density at radius 2 is 1.81 bits per heavy atom. The Morgan fingerprint density at radius 1 is 1.12 bits per heavy atom. The van der Waals surface area contributed by atoms with E-state index in [1.165, 1.54) is 0 Å². The first-order valence-electron chi connectivity index (χ1n) is 9.60. The zero-order valence-corrected chi connectivity index (χ0v) is 16.8. The molecule has 0 aliphatic rings. The van der Waals surface area contributed by atoms with Crippen molar-refractivity contribution < 1.29 is 0 Å². The highest BCUT2D eigenvalue weighted by Crippen LogP contribution is 2.26. The molecule has 2 aromatic heterocycles. The molecule has 0 aromatic carbocycles. The lowest BCUT2D eigenvalue weighted by atomic mass is 10.1. The fourth-order valence-electron chi connectivity index (χ4n) is 2.88. The average molecular weight is 354 g/mol. The molecule has 2 rings (SSSR count). The Labute approximate surface area is 157 Å². The van der Waals surface area contributed by atoms with Crippen molar-refractivity contribution in [1.82, 2.24) is 15.0 Å². The first kappa shape index (κ1) is 20.0. The second kappa shape index (κ2) is 8.88. The van der Waals surface area contributed by atoms with E-state index in [1.54, 1.807) is 6.92 Å². The highest BCUT2D eigenvalue weighted by molar-refractivity contribution is 5.99. The maximum Gasteiger partial charge on any atom is 0.154 e. The zero-order valence-electron chi connectivity index (χ0n) is 16.8. The van der Waals surface area contributed by atoms with Gasteiger partial charge >= 0.3 is 0 Å². The highest BCUT2D eigenvalue weighted by atomic mass is 15.1. The summed E-state index contributed by atoms with van der Waals surface area (Å²) >= 11 is 0. The Kier molecular flexibility index (Phi) is 6.83. The first-order chi connectivity index (χ1) is 12.4. The smallest absolute Gasteiger partial charge is 0.154 e. The number of nitrogens with zero attached hydrogens (tertiary/aromatic N) is 3. The minimum absolute atomic E-state index is 0.338. The number of pyridine rings is 1. The van der Waals surface area contributed by atoms with Gasteiger partial charge in [-0.05, 0) is 44.2 Å². The van der Waals surface area contributed by atoms with Gasteiger partial charge in [0.25, 0.3) is 0 Å². The lowest BCUT2D eigenvalue weighted by Gasteiger charge is -2.19. The first-order valence-corrected chi connectivity index (χ1v) is 9.60. The Hall–Kier alpha value is -2.30. The maximum absolute atomic E-state index is 8.15. The quantitative estimate of drug-likeness (QED) is 0.639. The van der Waals surface area contributed by atoms with Gasteiger partial charge < -0.3 is 10.7 Å². The average Bonchev–Trinajstić information content (AvgIpc) is 2.65. The van der Waals surface area contributed by atoms with Gasteiger partial charge in [0.05, 0.1) is 17.1 Å². The second-order valence-electron chi connectivity index (χ2n) is 6.98. The van der Waals surface area contributed by atoms with Gasteiger partial charge in [-0.15, -0.1) is 0 Å². The van der Waals surface area contributed by atoms with E-state index in [9.17, 15) is 0 Å². The molecule has 5 heteroatoms. The third kappa shape index (κ3) is 4.45. The number of rotatable bonds is 8. The van der Waals surface area contributed by atoms with Crippen LogP contribution in [0.1, 0.15) is 77.4 Å². The molecule has 0 atom stereocenters. The van der Waals surface area contributed by atoms with Crippen LogP contribution < -0.4 is 5.32 Å². The Morgan fingerprint density at radius 3 is 2.27 bits per heavy atom. The van der Waals surface area contributed by atoms with Gasteiger partial charge in [-0.25, -0.2) is 9.97 Å². The van der Waals surface area contributed by atoms with E-state index in [0.717, 1.165) is 47.7 Å². The van der Waals surface area contributed by atoms with Crippen molar-refractivity contribution in [3.8, 4) is 11.3 Å². The molecule has 0 fully saturated rings. The largest absolute Gasteiger partial charge is 0.366 e. The van der Waals surface area contributed by atoms with Crippen molar-refractivity contribution in [2.75, 3.05) is 5.32 Å². The third-order valence-corrected chi connectivity index (χ3v) is 4.64. The minimum Gasteiger partial charge on any atom is -0.366 e. The molecule has 0 radical (unpaired) electrons. The van der Waals surface area contributed by atoms with Crippen molar-refractivity contribution in [3.05, 3.63) is 35.4 Å². The lowest BCUT2D eigenvalue weighted by molar-refractivity contribution is 0.667. The number of anilines is 1. The predicted octanol–water partition coefficient (Wildman–Crippen LogP) is 5.21. The van der Waals surface area contributed by atoms with Crippen LogP contribution in [-0.4, -0.2) is 26.7 Å². The van der Waals surface area contributed by atoms with Crippen molar-refractivity contribution in [2.24, 2.45) is 0 Å². The minimum atomic E-state index is 0.338. The number of aryl methyl sites for hydroxylation is 1. The molecule has 5 nitrogen and oxygen atoms in total. The monoisotopic (exact) mass is 353 g/mol. The predicted molar refractivity (Wildman–Crippen MR) is 109 cm³/mol. The molecule has 2 aromatic rings. The number of hydrogen-bond acceptors (Lipinski definition) is 5. The van der Waals surface area contributed by atoms with Crippen LogP contribution in [0.2, 0.25) is 0 Å². The van der Waals surface area contributed by atoms with Crippen molar-refractivity contribution in [1.29, 1.82) is 5.41 Å². The van der Waals surface area contributed by atoms with Gasteiger partial charge in [0.15, 0.2) is 5.82 Å². The summed E-state index contributed by atoms with van der Waals surface area (Å²) in [6.45, 7) is 12.4. The van der Waals surface area contributed by atoms with E-state index in [-0.39, 0.29) is 0 Å². The van der Waals surface area contributed by atoms with Crippen LogP contribution in [0.25, 0.3) is 11.3 Å². The van der Waals surface area contributed by atoms with E-state index >= 15 is 0 Å². The van der Waals surface area contributed by atoms with Crippen LogP contribution >= 0.6 is 0 Å². The van der Waals surface area contributed by atoms with E-state index < -0.39 is 0 Å². The SMILES string of the molecule is CCc1nc(NC(CC)CC)c(C(C)=N)nc1-c1ccc(C(C)C)nc1. The van der Waals surface area contributed by atoms with E-state index in [4.69, 9.17) is 15.4 Å². The molecular weight excluding hydrogens is 322 g/mol. The van der Waals surface area contributed by atoms with E-state index in [0.29, 0.717) is 23.4 Å². The number of aromatic nitrogens is 3. The van der Waals surface area contributed by atoms with Crippen LogP contribution in [0.5, 0.6) is 0 Å². The third-order valence-electron chi connectivity index (χ3n) is 4.64. The fourth-order valence-corrected chi connectivity index (χ4v) is 2.88. The van der Waals surface area contributed by atoms with Crippen LogP contribution in [0.15, 0.2) is 18.3 Å². The van der Waals surface area contributed by atoms with E-state index in [1.807, 2.05) is 6.20 Å². The lowest BCUT2D eigenvalue weighted by Crippen LogP contribution is -2.21. The molecule has 2 N–H and O–H groups in total. The van der Waals surface area contributed by atoms with Crippen molar-refractivity contribution in [2.45, 2.75) is 72.8 Å². The van der Waals surface area contributed by atoms with Crippen LogP contribution in [0.4, 0.5) is 5.82 Å². The molecule has 0 amide bonds. The maximum atomic E-state index is 8.15. The molecular formula is C21H31N5. The summed E-state index contributed by atoms with van der Waals surface area (Å²) in [6.07, 6.45) is 4.68. The highest BCUT2D eigenvalue weighted by Gasteiger charge is 2.18. The van der Waals surface area contributed by atoms with Gasteiger partial charge in [-0.1, -0.05) is 34.6 Å². The molecule has 2 heterocycles. The molecule has 0 saturated heterocycles.